The molecule has 0 spiro atoms. The maximum absolute atomic E-state index is 12.2. The number of H-pyrrole nitrogens is 1. The summed E-state index contributed by atoms with van der Waals surface area (Å²) in [6, 6.07) is 12.3. The molecule has 0 aliphatic heterocycles. The van der Waals surface area contributed by atoms with Gasteiger partial charge in [-0.1, -0.05) is 12.1 Å². The molecular weight excluding hydrogens is 480 g/mol. The number of hydrogen-bond donors (Lipinski definition) is 3. The van der Waals surface area contributed by atoms with Crippen molar-refractivity contribution < 1.29 is 23.8 Å². The molecule has 0 saturated heterocycles. The van der Waals surface area contributed by atoms with Crippen LogP contribution in [0, 0.1) is 0 Å². The second-order valence-corrected chi connectivity index (χ2v) is 7.53. The number of carbonyl (C=O) groups is 1. The third-order valence-electron chi connectivity index (χ3n) is 5.31. The first-order valence-electron chi connectivity index (χ1n) is 11.0. The van der Waals surface area contributed by atoms with Crippen LogP contribution in [0.2, 0.25) is 0 Å². The Kier molecular flexibility index (Phi) is 7.64. The molecule has 1 amide bonds. The molecule has 13 nitrogen and oxygen atoms in total. The predicted octanol–water partition coefficient (Wildman–Crippen LogP) is 3.41. The molecule has 0 atom stereocenters. The molecule has 4 aromatic rings. The molecule has 192 valence electrons. The molecule has 0 fully saturated rings. The summed E-state index contributed by atoms with van der Waals surface area (Å²) in [7, 11) is 7.60. The minimum atomic E-state index is -0.244. The zero-order valence-corrected chi connectivity index (χ0v) is 20.9. The van der Waals surface area contributed by atoms with E-state index in [1.165, 1.54) is 34.8 Å². The number of ether oxygens (including phenoxy) is 3. The van der Waals surface area contributed by atoms with Gasteiger partial charge in [0, 0.05) is 36.5 Å². The summed E-state index contributed by atoms with van der Waals surface area (Å²) in [6.07, 6.45) is 1.37. The Bertz CT molecular complexity index is 1350. The van der Waals surface area contributed by atoms with Gasteiger partial charge in [0.1, 0.15) is 6.33 Å². The number of aromatic nitrogens is 5. The lowest BCUT2D eigenvalue weighted by Gasteiger charge is -2.14. The van der Waals surface area contributed by atoms with Crippen LogP contribution in [0.3, 0.4) is 0 Å². The first kappa shape index (κ1) is 25.2. The quantitative estimate of drug-likeness (QED) is 0.272. The monoisotopic (exact) mass is 506 g/mol. The third kappa shape index (κ3) is 5.67. The number of rotatable bonds is 10. The standard InChI is InChI=1S/C24H26N8O5/c1-32(37-5)22(33)15-8-6-14(7-9-15)17-12-20(31-30-17)28-24-26-13-25-23(29-24)27-16-10-18(34-2)21(36-4)19(11-16)35-3/h6-13H,1-5H3,(H3,25,26,27,28,29,30,31). The molecule has 0 unspecified atom stereocenters. The van der Waals surface area contributed by atoms with Crippen molar-refractivity contribution in [2.75, 3.05) is 46.1 Å². The number of amides is 1. The summed E-state index contributed by atoms with van der Waals surface area (Å²) < 4.78 is 16.1. The van der Waals surface area contributed by atoms with E-state index in [4.69, 9.17) is 19.0 Å². The number of benzene rings is 2. The van der Waals surface area contributed by atoms with Crippen molar-refractivity contribution in [3.63, 3.8) is 0 Å². The van der Waals surface area contributed by atoms with Gasteiger partial charge >= 0.3 is 0 Å². The summed E-state index contributed by atoms with van der Waals surface area (Å²) in [6.45, 7) is 0. The van der Waals surface area contributed by atoms with Crippen LogP contribution in [0.25, 0.3) is 11.3 Å². The molecule has 0 saturated carbocycles. The Labute approximate surface area is 212 Å². The van der Waals surface area contributed by atoms with Gasteiger partial charge in [0.25, 0.3) is 5.91 Å². The molecule has 3 N–H and O–H groups in total. The molecule has 0 aliphatic carbocycles. The van der Waals surface area contributed by atoms with Crippen molar-refractivity contribution in [2.24, 2.45) is 0 Å². The molecular formula is C24H26N8O5. The summed E-state index contributed by atoms with van der Waals surface area (Å²) in [5, 5.41) is 14.5. The highest BCUT2D eigenvalue weighted by molar-refractivity contribution is 5.93. The van der Waals surface area contributed by atoms with Crippen LogP contribution in [0.15, 0.2) is 48.8 Å². The maximum Gasteiger partial charge on any atom is 0.277 e. The van der Waals surface area contributed by atoms with E-state index in [2.05, 4.69) is 35.8 Å². The zero-order valence-electron chi connectivity index (χ0n) is 20.9. The van der Waals surface area contributed by atoms with Crippen LogP contribution >= 0.6 is 0 Å². The molecule has 37 heavy (non-hydrogen) atoms. The molecule has 4 rings (SSSR count). The lowest BCUT2D eigenvalue weighted by atomic mass is 10.1. The van der Waals surface area contributed by atoms with Crippen LogP contribution < -0.4 is 24.8 Å². The summed E-state index contributed by atoms with van der Waals surface area (Å²) in [5.41, 5.74) is 2.72. The van der Waals surface area contributed by atoms with E-state index in [0.717, 1.165) is 16.3 Å². The number of carbonyl (C=O) groups excluding carboxylic acids is 1. The first-order valence-corrected chi connectivity index (χ1v) is 11.0. The highest BCUT2D eigenvalue weighted by Crippen LogP contribution is 2.40. The Morgan fingerprint density at radius 3 is 2.14 bits per heavy atom. The van der Waals surface area contributed by atoms with Crippen LogP contribution in [-0.2, 0) is 4.84 Å². The highest BCUT2D eigenvalue weighted by Gasteiger charge is 2.15. The van der Waals surface area contributed by atoms with Crippen molar-refractivity contribution >= 4 is 29.3 Å². The van der Waals surface area contributed by atoms with E-state index < -0.39 is 0 Å². The topological polar surface area (TPSA) is 149 Å². The van der Waals surface area contributed by atoms with Gasteiger partial charge in [-0.2, -0.15) is 10.1 Å². The van der Waals surface area contributed by atoms with E-state index in [-0.39, 0.29) is 11.9 Å². The summed E-state index contributed by atoms with van der Waals surface area (Å²) in [4.78, 5) is 29.8. The number of hydroxylamine groups is 2. The molecule has 2 aromatic carbocycles. The largest absolute Gasteiger partial charge is 0.493 e. The second-order valence-electron chi connectivity index (χ2n) is 7.53. The number of hydrogen-bond acceptors (Lipinski definition) is 11. The minimum Gasteiger partial charge on any atom is -0.493 e. The molecule has 13 heteroatoms. The number of nitrogens with one attached hydrogen (secondary N) is 3. The van der Waals surface area contributed by atoms with Crippen LogP contribution in [0.5, 0.6) is 17.2 Å². The molecule has 2 heterocycles. The lowest BCUT2D eigenvalue weighted by molar-refractivity contribution is -0.0756. The van der Waals surface area contributed by atoms with Crippen molar-refractivity contribution in [1.82, 2.24) is 30.2 Å². The van der Waals surface area contributed by atoms with Crippen molar-refractivity contribution in [3.8, 4) is 28.5 Å². The molecule has 0 radical (unpaired) electrons. The van der Waals surface area contributed by atoms with Gasteiger partial charge < -0.3 is 24.8 Å². The van der Waals surface area contributed by atoms with E-state index in [1.807, 2.05) is 12.1 Å². The van der Waals surface area contributed by atoms with Crippen LogP contribution in [-0.4, -0.2) is 71.6 Å². The van der Waals surface area contributed by atoms with E-state index in [1.54, 1.807) is 37.4 Å². The van der Waals surface area contributed by atoms with Gasteiger partial charge in [0.05, 0.1) is 34.1 Å². The summed E-state index contributed by atoms with van der Waals surface area (Å²) >= 11 is 0. The fourth-order valence-electron chi connectivity index (χ4n) is 3.40. The normalized spacial score (nSPS) is 10.5. The van der Waals surface area contributed by atoms with Crippen molar-refractivity contribution in [1.29, 1.82) is 0 Å². The average molecular weight is 507 g/mol. The Hall–Kier alpha value is -4.91. The maximum atomic E-state index is 12.2. The average Bonchev–Trinajstić information content (AvgIpc) is 3.40. The number of nitrogens with zero attached hydrogens (tertiary/aromatic N) is 5. The number of anilines is 4. The van der Waals surface area contributed by atoms with Crippen molar-refractivity contribution in [3.05, 3.63) is 54.4 Å². The van der Waals surface area contributed by atoms with Crippen LogP contribution in [0.4, 0.5) is 23.4 Å². The number of methoxy groups -OCH3 is 3. The first-order chi connectivity index (χ1) is 17.9. The van der Waals surface area contributed by atoms with Gasteiger partial charge in [-0.15, -0.1) is 0 Å². The second kappa shape index (κ2) is 11.2. The van der Waals surface area contributed by atoms with Gasteiger partial charge in [-0.25, -0.2) is 15.0 Å². The van der Waals surface area contributed by atoms with Gasteiger partial charge in [-0.05, 0) is 17.7 Å². The zero-order chi connectivity index (χ0) is 26.4. The van der Waals surface area contributed by atoms with E-state index in [0.29, 0.717) is 40.3 Å². The third-order valence-corrected chi connectivity index (χ3v) is 5.31. The van der Waals surface area contributed by atoms with Gasteiger partial charge in [-0.3, -0.25) is 14.7 Å². The highest BCUT2D eigenvalue weighted by atomic mass is 16.7. The van der Waals surface area contributed by atoms with E-state index >= 15 is 0 Å². The molecule has 0 aliphatic rings. The minimum absolute atomic E-state index is 0.244. The Balaban J connectivity index is 1.47. The van der Waals surface area contributed by atoms with Crippen LogP contribution in [0.1, 0.15) is 10.4 Å². The Morgan fingerprint density at radius 1 is 0.892 bits per heavy atom. The fraction of sp³-hybridized carbons (Fsp3) is 0.208. The molecule has 2 aromatic heterocycles. The van der Waals surface area contributed by atoms with E-state index in [9.17, 15) is 4.79 Å². The lowest BCUT2D eigenvalue weighted by Crippen LogP contribution is -2.25. The predicted molar refractivity (Wildman–Crippen MR) is 136 cm³/mol. The Morgan fingerprint density at radius 2 is 1.54 bits per heavy atom. The fourth-order valence-corrected chi connectivity index (χ4v) is 3.40. The smallest absolute Gasteiger partial charge is 0.277 e. The summed E-state index contributed by atoms with van der Waals surface area (Å²) in [5.74, 6) is 2.29. The van der Waals surface area contributed by atoms with Crippen molar-refractivity contribution in [2.45, 2.75) is 0 Å². The SMILES string of the molecule is COc1cc(Nc2ncnc(Nc3cc(-c4ccc(C(=O)N(C)OC)cc4)[nH]n3)n2)cc(OC)c1OC. The molecule has 0 bridgehead atoms. The van der Waals surface area contributed by atoms with Gasteiger partial charge in [0.2, 0.25) is 17.6 Å². The van der Waals surface area contributed by atoms with Gasteiger partial charge in [0.15, 0.2) is 17.3 Å². The number of aromatic amines is 1.